The summed E-state index contributed by atoms with van der Waals surface area (Å²) in [5, 5.41) is 0. The Morgan fingerprint density at radius 3 is 2.54 bits per heavy atom. The van der Waals surface area contributed by atoms with Gasteiger partial charge >= 0.3 is 0 Å². The molecule has 1 aromatic rings. The Labute approximate surface area is 139 Å². The van der Waals surface area contributed by atoms with Gasteiger partial charge in [0.15, 0.2) is 0 Å². The number of aromatic nitrogens is 1. The van der Waals surface area contributed by atoms with Gasteiger partial charge in [-0.15, -0.1) is 0 Å². The van der Waals surface area contributed by atoms with Crippen LogP contribution in [-0.4, -0.2) is 59.3 Å². The molecule has 1 aliphatic heterocycles. The zero-order chi connectivity index (χ0) is 17.3. The standard InChI is InChI=1S/C17H23F2N3O2/c1-17(18,19)11-21-6-8-22(9-7-21)16(24)13-10-15(23)20-14-5-3-2-4-12(13)14/h10H,2-9,11H2,1H3,(H,20,23). The topological polar surface area (TPSA) is 56.4 Å². The second kappa shape index (κ2) is 6.63. The molecule has 1 N–H and O–H groups in total. The molecule has 7 heteroatoms. The van der Waals surface area contributed by atoms with Gasteiger partial charge in [-0.1, -0.05) is 0 Å². The van der Waals surface area contributed by atoms with Crippen LogP contribution >= 0.6 is 0 Å². The number of H-pyrrole nitrogens is 1. The molecule has 5 nitrogen and oxygen atoms in total. The van der Waals surface area contributed by atoms with Gasteiger partial charge in [0.25, 0.3) is 11.8 Å². The van der Waals surface area contributed by atoms with Crippen LogP contribution in [0, 0.1) is 0 Å². The Balaban J connectivity index is 1.72. The van der Waals surface area contributed by atoms with Crippen molar-refractivity contribution in [2.24, 2.45) is 0 Å². The molecule has 0 bridgehead atoms. The number of hydrogen-bond donors (Lipinski definition) is 1. The third kappa shape index (κ3) is 3.83. The van der Waals surface area contributed by atoms with Gasteiger partial charge in [-0.05, 0) is 31.2 Å². The van der Waals surface area contributed by atoms with Crippen LogP contribution in [0.1, 0.15) is 41.4 Å². The summed E-state index contributed by atoms with van der Waals surface area (Å²) in [5.74, 6) is -2.88. The van der Waals surface area contributed by atoms with E-state index in [1.54, 1.807) is 9.80 Å². The molecule has 0 saturated carbocycles. The van der Waals surface area contributed by atoms with E-state index >= 15 is 0 Å². The molecule has 132 valence electrons. The van der Waals surface area contributed by atoms with E-state index in [9.17, 15) is 18.4 Å². The molecule has 3 rings (SSSR count). The lowest BCUT2D eigenvalue weighted by atomic mass is 9.91. The molecule has 2 aliphatic rings. The van der Waals surface area contributed by atoms with Crippen LogP contribution in [-0.2, 0) is 12.8 Å². The smallest absolute Gasteiger partial charge is 0.257 e. The highest BCUT2D eigenvalue weighted by Crippen LogP contribution is 2.23. The second-order valence-electron chi connectivity index (χ2n) is 6.85. The van der Waals surface area contributed by atoms with Gasteiger partial charge in [0, 0.05) is 50.4 Å². The summed E-state index contributed by atoms with van der Waals surface area (Å²) < 4.78 is 26.2. The van der Waals surface area contributed by atoms with Crippen LogP contribution in [0.15, 0.2) is 10.9 Å². The van der Waals surface area contributed by atoms with Gasteiger partial charge in [0.05, 0.1) is 6.54 Å². The Morgan fingerprint density at radius 2 is 1.88 bits per heavy atom. The van der Waals surface area contributed by atoms with Crippen molar-refractivity contribution in [3.63, 3.8) is 0 Å². The van der Waals surface area contributed by atoms with Crippen LogP contribution in [0.25, 0.3) is 0 Å². The summed E-state index contributed by atoms with van der Waals surface area (Å²) >= 11 is 0. The van der Waals surface area contributed by atoms with Crippen molar-refractivity contribution < 1.29 is 13.6 Å². The fourth-order valence-electron chi connectivity index (χ4n) is 3.61. The van der Waals surface area contributed by atoms with Crippen molar-refractivity contribution in [2.75, 3.05) is 32.7 Å². The van der Waals surface area contributed by atoms with E-state index in [-0.39, 0.29) is 18.0 Å². The maximum Gasteiger partial charge on any atom is 0.257 e. The predicted molar refractivity (Wildman–Crippen MR) is 86.7 cm³/mol. The van der Waals surface area contributed by atoms with Gasteiger partial charge in [-0.2, -0.15) is 0 Å². The normalized spacial score (nSPS) is 19.2. The molecule has 1 amide bonds. The van der Waals surface area contributed by atoms with Crippen molar-refractivity contribution in [1.29, 1.82) is 0 Å². The molecule has 1 aliphatic carbocycles. The van der Waals surface area contributed by atoms with Crippen LogP contribution in [0.5, 0.6) is 0 Å². The summed E-state index contributed by atoms with van der Waals surface area (Å²) in [7, 11) is 0. The molecule has 2 heterocycles. The zero-order valence-electron chi connectivity index (χ0n) is 13.9. The monoisotopic (exact) mass is 339 g/mol. The summed E-state index contributed by atoms with van der Waals surface area (Å²) in [5.41, 5.74) is 2.07. The van der Waals surface area contributed by atoms with E-state index < -0.39 is 5.92 Å². The number of pyridine rings is 1. The second-order valence-corrected chi connectivity index (χ2v) is 6.85. The van der Waals surface area contributed by atoms with E-state index in [4.69, 9.17) is 0 Å². The first-order valence-corrected chi connectivity index (χ1v) is 8.48. The Kier molecular flexibility index (Phi) is 4.71. The summed E-state index contributed by atoms with van der Waals surface area (Å²) in [6.07, 6.45) is 3.63. The number of alkyl halides is 2. The Hall–Kier alpha value is -1.76. The van der Waals surface area contributed by atoms with E-state index in [0.717, 1.165) is 43.9 Å². The average molecular weight is 339 g/mol. The van der Waals surface area contributed by atoms with Crippen molar-refractivity contribution in [3.05, 3.63) is 33.2 Å². The van der Waals surface area contributed by atoms with Crippen LogP contribution in [0.3, 0.4) is 0 Å². The Bertz CT molecular complexity index is 673. The van der Waals surface area contributed by atoms with Gasteiger partial charge in [0.1, 0.15) is 0 Å². The van der Waals surface area contributed by atoms with E-state index in [1.165, 1.54) is 6.07 Å². The van der Waals surface area contributed by atoms with Crippen molar-refractivity contribution >= 4 is 5.91 Å². The number of aryl methyl sites for hydroxylation is 1. The minimum absolute atomic E-state index is 0.151. The number of piperazine rings is 1. The molecule has 0 aromatic carbocycles. The fourth-order valence-corrected chi connectivity index (χ4v) is 3.61. The number of fused-ring (bicyclic) bond motifs is 1. The van der Waals surface area contributed by atoms with Gasteiger partial charge in [-0.25, -0.2) is 8.78 Å². The SMILES string of the molecule is CC(F)(F)CN1CCN(C(=O)c2cc(=O)[nH]c3c2CCCC3)CC1. The maximum atomic E-state index is 13.1. The van der Waals surface area contributed by atoms with Gasteiger partial charge < -0.3 is 9.88 Å². The van der Waals surface area contributed by atoms with Crippen LogP contribution in [0.4, 0.5) is 8.78 Å². The first-order valence-electron chi connectivity index (χ1n) is 8.48. The predicted octanol–water partition coefficient (Wildman–Crippen LogP) is 1.67. The third-order valence-corrected chi connectivity index (χ3v) is 4.73. The number of hydrogen-bond acceptors (Lipinski definition) is 3. The van der Waals surface area contributed by atoms with Crippen LogP contribution < -0.4 is 5.56 Å². The van der Waals surface area contributed by atoms with Crippen molar-refractivity contribution in [2.45, 2.75) is 38.5 Å². The number of carbonyl (C=O) groups excluding carboxylic acids is 1. The molecular weight excluding hydrogens is 316 g/mol. The van der Waals surface area contributed by atoms with Gasteiger partial charge in [-0.3, -0.25) is 14.5 Å². The molecular formula is C17H23F2N3O2. The number of halogens is 2. The third-order valence-electron chi connectivity index (χ3n) is 4.73. The molecule has 1 aromatic heterocycles. The molecule has 0 spiro atoms. The number of aromatic amines is 1. The molecule has 0 atom stereocenters. The van der Waals surface area contributed by atoms with Crippen molar-refractivity contribution in [3.8, 4) is 0 Å². The molecule has 0 unspecified atom stereocenters. The summed E-state index contributed by atoms with van der Waals surface area (Å²) in [6, 6.07) is 1.39. The van der Waals surface area contributed by atoms with Crippen molar-refractivity contribution in [1.82, 2.24) is 14.8 Å². The average Bonchev–Trinajstić information content (AvgIpc) is 2.52. The van der Waals surface area contributed by atoms with E-state index in [0.29, 0.717) is 31.7 Å². The molecule has 24 heavy (non-hydrogen) atoms. The Morgan fingerprint density at radius 1 is 1.21 bits per heavy atom. The molecule has 1 fully saturated rings. The van der Waals surface area contributed by atoms with E-state index in [2.05, 4.69) is 4.98 Å². The maximum absolute atomic E-state index is 13.1. The molecule has 0 radical (unpaired) electrons. The first-order chi connectivity index (χ1) is 11.3. The number of carbonyl (C=O) groups is 1. The highest BCUT2D eigenvalue weighted by atomic mass is 19.3. The lowest BCUT2D eigenvalue weighted by Crippen LogP contribution is -2.51. The lowest BCUT2D eigenvalue weighted by Gasteiger charge is -2.36. The first kappa shape index (κ1) is 17.1. The number of nitrogens with one attached hydrogen (secondary N) is 1. The zero-order valence-corrected chi connectivity index (χ0v) is 13.9. The largest absolute Gasteiger partial charge is 0.336 e. The summed E-state index contributed by atoms with van der Waals surface area (Å²) in [4.78, 5) is 30.9. The number of nitrogens with zero attached hydrogens (tertiary/aromatic N) is 2. The molecule has 1 saturated heterocycles. The minimum atomic E-state index is -2.72. The minimum Gasteiger partial charge on any atom is -0.336 e. The quantitative estimate of drug-likeness (QED) is 0.911. The lowest BCUT2D eigenvalue weighted by molar-refractivity contribution is -0.0240. The fraction of sp³-hybridized carbons (Fsp3) is 0.647. The van der Waals surface area contributed by atoms with Crippen LogP contribution in [0.2, 0.25) is 0 Å². The van der Waals surface area contributed by atoms with Gasteiger partial charge in [0.2, 0.25) is 5.56 Å². The highest BCUT2D eigenvalue weighted by Gasteiger charge is 2.30. The number of rotatable bonds is 3. The van der Waals surface area contributed by atoms with E-state index in [1.807, 2.05) is 0 Å². The highest BCUT2D eigenvalue weighted by molar-refractivity contribution is 5.96. The number of amides is 1. The summed E-state index contributed by atoms with van der Waals surface area (Å²) in [6.45, 7) is 2.32.